The van der Waals surface area contributed by atoms with E-state index in [0.29, 0.717) is 28.7 Å². The molecule has 3 rings (SSSR count). The van der Waals surface area contributed by atoms with E-state index in [-0.39, 0.29) is 11.9 Å². The van der Waals surface area contributed by atoms with E-state index >= 15 is 0 Å². The van der Waals surface area contributed by atoms with Crippen molar-refractivity contribution in [1.29, 1.82) is 0 Å². The van der Waals surface area contributed by atoms with E-state index in [1.807, 2.05) is 0 Å². The molecule has 0 aromatic heterocycles. The Morgan fingerprint density at radius 3 is 2.21 bits per heavy atom. The zero-order chi connectivity index (χ0) is 17.3. The van der Waals surface area contributed by atoms with E-state index in [9.17, 15) is 4.79 Å². The summed E-state index contributed by atoms with van der Waals surface area (Å²) in [6, 6.07) is 3.58. The smallest absolute Gasteiger partial charge is 0.251 e. The Morgan fingerprint density at radius 1 is 1.08 bits per heavy atom. The molecule has 0 aliphatic heterocycles. The average Bonchev–Trinajstić information content (AvgIpc) is 3.23. The molecule has 5 nitrogen and oxygen atoms in total. The summed E-state index contributed by atoms with van der Waals surface area (Å²) in [5.41, 5.74) is 0.527. The van der Waals surface area contributed by atoms with Crippen LogP contribution in [0.5, 0.6) is 17.2 Å². The molecule has 2 bridgehead atoms. The molecule has 1 N–H and O–H groups in total. The zero-order valence-electron chi connectivity index (χ0n) is 14.9. The Hall–Kier alpha value is -1.91. The van der Waals surface area contributed by atoms with Gasteiger partial charge in [0.1, 0.15) is 0 Å². The highest BCUT2D eigenvalue weighted by molar-refractivity contribution is 5.95. The van der Waals surface area contributed by atoms with Gasteiger partial charge in [-0.3, -0.25) is 4.79 Å². The number of benzene rings is 1. The largest absolute Gasteiger partial charge is 0.493 e. The standard InChI is InChI=1S/C19H27NO4/c1-11(15-8-12-5-6-13(15)7-12)20-19(21)14-9-16(22-2)18(24-4)17(10-14)23-3/h9-13,15H,5-8H2,1-4H3,(H,20,21)/t11-,12-,13-,15-/m0/s1. The van der Waals surface area contributed by atoms with Crippen LogP contribution in [0.3, 0.4) is 0 Å². The summed E-state index contributed by atoms with van der Waals surface area (Å²) in [5.74, 6) is 3.66. The van der Waals surface area contributed by atoms with Gasteiger partial charge >= 0.3 is 0 Å². The Kier molecular flexibility index (Phi) is 4.88. The molecule has 2 saturated carbocycles. The molecule has 0 spiro atoms. The Balaban J connectivity index is 1.74. The summed E-state index contributed by atoms with van der Waals surface area (Å²) in [5, 5.41) is 3.17. The monoisotopic (exact) mass is 333 g/mol. The lowest BCUT2D eigenvalue weighted by Gasteiger charge is -2.28. The number of amides is 1. The molecule has 2 aliphatic carbocycles. The number of nitrogens with one attached hydrogen (secondary N) is 1. The van der Waals surface area contributed by atoms with Gasteiger partial charge in [0.2, 0.25) is 5.75 Å². The molecule has 2 aliphatic rings. The lowest BCUT2D eigenvalue weighted by Crippen LogP contribution is -2.40. The van der Waals surface area contributed by atoms with Crippen LogP contribution in [0.1, 0.15) is 43.0 Å². The van der Waals surface area contributed by atoms with Gasteiger partial charge in [0, 0.05) is 11.6 Å². The van der Waals surface area contributed by atoms with Crippen molar-refractivity contribution in [3.63, 3.8) is 0 Å². The lowest BCUT2D eigenvalue weighted by molar-refractivity contribution is 0.0914. The molecular weight excluding hydrogens is 306 g/mol. The minimum atomic E-state index is -0.0930. The van der Waals surface area contributed by atoms with Crippen molar-refractivity contribution in [2.45, 2.75) is 38.6 Å². The van der Waals surface area contributed by atoms with Crippen molar-refractivity contribution in [2.75, 3.05) is 21.3 Å². The van der Waals surface area contributed by atoms with Crippen molar-refractivity contribution in [3.8, 4) is 17.2 Å². The minimum Gasteiger partial charge on any atom is -0.493 e. The van der Waals surface area contributed by atoms with E-state index in [1.54, 1.807) is 33.5 Å². The van der Waals surface area contributed by atoms with E-state index < -0.39 is 0 Å². The van der Waals surface area contributed by atoms with E-state index in [4.69, 9.17) is 14.2 Å². The van der Waals surface area contributed by atoms with Crippen LogP contribution in [0.25, 0.3) is 0 Å². The van der Waals surface area contributed by atoms with Crippen LogP contribution in [0, 0.1) is 17.8 Å². The molecular formula is C19H27NO4. The number of carbonyl (C=O) groups is 1. The number of carbonyl (C=O) groups excluding carboxylic acids is 1. The maximum absolute atomic E-state index is 12.7. The second kappa shape index (κ2) is 6.91. The summed E-state index contributed by atoms with van der Waals surface area (Å²) in [6.07, 6.45) is 5.28. The molecule has 0 radical (unpaired) electrons. The van der Waals surface area contributed by atoms with Crippen molar-refractivity contribution >= 4 is 5.91 Å². The Bertz CT molecular complexity index is 590. The second-order valence-corrected chi connectivity index (χ2v) is 7.01. The van der Waals surface area contributed by atoms with Gasteiger partial charge in [-0.15, -0.1) is 0 Å². The molecule has 1 aromatic rings. The zero-order valence-corrected chi connectivity index (χ0v) is 14.9. The predicted molar refractivity (Wildman–Crippen MR) is 92.0 cm³/mol. The van der Waals surface area contributed by atoms with Gasteiger partial charge in [-0.25, -0.2) is 0 Å². The van der Waals surface area contributed by atoms with Crippen molar-refractivity contribution < 1.29 is 19.0 Å². The van der Waals surface area contributed by atoms with E-state index in [0.717, 1.165) is 11.8 Å². The number of hydrogen-bond donors (Lipinski definition) is 1. The number of methoxy groups -OCH3 is 3. The van der Waals surface area contributed by atoms with Gasteiger partial charge in [0.05, 0.1) is 21.3 Å². The highest BCUT2D eigenvalue weighted by Gasteiger charge is 2.42. The van der Waals surface area contributed by atoms with Gasteiger partial charge in [0.15, 0.2) is 11.5 Å². The van der Waals surface area contributed by atoms with Gasteiger partial charge in [-0.1, -0.05) is 6.42 Å². The highest BCUT2D eigenvalue weighted by Crippen LogP contribution is 2.49. The number of hydrogen-bond acceptors (Lipinski definition) is 4. The first-order valence-corrected chi connectivity index (χ1v) is 8.68. The second-order valence-electron chi connectivity index (χ2n) is 7.01. The summed E-state index contributed by atoms with van der Waals surface area (Å²) in [7, 11) is 4.66. The molecule has 2 fully saturated rings. The number of fused-ring (bicyclic) bond motifs is 2. The maximum Gasteiger partial charge on any atom is 0.251 e. The first-order chi connectivity index (χ1) is 11.6. The highest BCUT2D eigenvalue weighted by atomic mass is 16.5. The number of rotatable bonds is 6. The van der Waals surface area contributed by atoms with Crippen LogP contribution in [-0.2, 0) is 0 Å². The van der Waals surface area contributed by atoms with Gasteiger partial charge < -0.3 is 19.5 Å². The van der Waals surface area contributed by atoms with Crippen molar-refractivity contribution in [1.82, 2.24) is 5.32 Å². The molecule has 24 heavy (non-hydrogen) atoms. The molecule has 0 unspecified atom stereocenters. The minimum absolute atomic E-state index is 0.0930. The molecule has 0 saturated heterocycles. The Labute approximate surface area is 143 Å². The summed E-state index contributed by atoms with van der Waals surface area (Å²) in [6.45, 7) is 2.13. The van der Waals surface area contributed by atoms with Crippen LogP contribution >= 0.6 is 0 Å². The van der Waals surface area contributed by atoms with Crippen LogP contribution in [0.2, 0.25) is 0 Å². The lowest BCUT2D eigenvalue weighted by atomic mass is 9.84. The fraction of sp³-hybridized carbons (Fsp3) is 0.632. The van der Waals surface area contributed by atoms with Crippen LogP contribution in [-0.4, -0.2) is 33.3 Å². The van der Waals surface area contributed by atoms with Crippen molar-refractivity contribution in [3.05, 3.63) is 17.7 Å². The first kappa shape index (κ1) is 16.9. The van der Waals surface area contributed by atoms with Crippen LogP contribution in [0.4, 0.5) is 0 Å². The van der Waals surface area contributed by atoms with Crippen molar-refractivity contribution in [2.24, 2.45) is 17.8 Å². The van der Waals surface area contributed by atoms with Gasteiger partial charge in [0.25, 0.3) is 5.91 Å². The van der Waals surface area contributed by atoms with E-state index in [2.05, 4.69) is 12.2 Å². The molecule has 1 amide bonds. The molecule has 4 atom stereocenters. The quantitative estimate of drug-likeness (QED) is 0.868. The van der Waals surface area contributed by atoms with Crippen LogP contribution in [0.15, 0.2) is 12.1 Å². The summed E-state index contributed by atoms with van der Waals surface area (Å²) >= 11 is 0. The molecule has 1 aromatic carbocycles. The topological polar surface area (TPSA) is 56.8 Å². The molecule has 0 heterocycles. The summed E-state index contributed by atoms with van der Waals surface area (Å²) in [4.78, 5) is 12.7. The third-order valence-corrected chi connectivity index (χ3v) is 5.72. The van der Waals surface area contributed by atoms with Crippen LogP contribution < -0.4 is 19.5 Å². The van der Waals surface area contributed by atoms with Gasteiger partial charge in [-0.05, 0) is 56.1 Å². The normalized spacial score (nSPS) is 26.1. The third-order valence-electron chi connectivity index (χ3n) is 5.72. The average molecular weight is 333 g/mol. The summed E-state index contributed by atoms with van der Waals surface area (Å²) < 4.78 is 16.0. The predicted octanol–water partition coefficient (Wildman–Crippen LogP) is 3.27. The third kappa shape index (κ3) is 3.04. The molecule has 5 heteroatoms. The molecule has 132 valence electrons. The fourth-order valence-electron chi connectivity index (χ4n) is 4.52. The SMILES string of the molecule is COc1cc(C(=O)N[C@@H](C)[C@@H]2C[C@H]3CC[C@H]2C3)cc(OC)c1OC. The maximum atomic E-state index is 12.7. The van der Waals surface area contributed by atoms with E-state index in [1.165, 1.54) is 25.7 Å². The van der Waals surface area contributed by atoms with Gasteiger partial charge in [-0.2, -0.15) is 0 Å². The fourth-order valence-corrected chi connectivity index (χ4v) is 4.52. The number of ether oxygens (including phenoxy) is 3. The first-order valence-electron chi connectivity index (χ1n) is 8.68. The Morgan fingerprint density at radius 2 is 1.75 bits per heavy atom.